The van der Waals surface area contributed by atoms with E-state index in [4.69, 9.17) is 9.62 Å². The quantitative estimate of drug-likeness (QED) is 0.545. The van der Waals surface area contributed by atoms with Gasteiger partial charge in [-0.15, -0.1) is 0 Å². The summed E-state index contributed by atoms with van der Waals surface area (Å²) < 4.78 is 4.97. The van der Waals surface area contributed by atoms with Crippen molar-refractivity contribution >= 4 is 5.97 Å². The Labute approximate surface area is 82.3 Å². The van der Waals surface area contributed by atoms with Crippen molar-refractivity contribution < 1.29 is 19.3 Å². The van der Waals surface area contributed by atoms with Gasteiger partial charge in [-0.2, -0.15) is 0 Å². The van der Waals surface area contributed by atoms with Crippen molar-refractivity contribution in [3.8, 4) is 11.5 Å². The zero-order chi connectivity index (χ0) is 10.4. The first-order valence-corrected chi connectivity index (χ1v) is 4.27. The Hall–Kier alpha value is -1.71. The number of methoxy groups -OCH3 is 1. The molecule has 76 valence electrons. The molecule has 0 saturated heterocycles. The minimum absolute atomic E-state index is 0.282. The third-order valence-electron chi connectivity index (χ3n) is 1.56. The molecule has 0 amide bonds. The fourth-order valence-electron chi connectivity index (χ4n) is 0.807. The zero-order valence-electron chi connectivity index (χ0n) is 8.15. The fraction of sp³-hybridized carbons (Fsp3) is 0.300. The molecule has 0 radical (unpaired) electrons. The van der Waals surface area contributed by atoms with Gasteiger partial charge in [-0.3, -0.25) is 9.78 Å². The summed E-state index contributed by atoms with van der Waals surface area (Å²) >= 11 is 0. The summed E-state index contributed by atoms with van der Waals surface area (Å²) in [6.07, 6.45) is 0.282. The monoisotopic (exact) mass is 196 g/mol. The number of rotatable bonds is 4. The molecule has 0 aliphatic carbocycles. The van der Waals surface area contributed by atoms with E-state index in [0.717, 1.165) is 0 Å². The molecule has 1 rings (SSSR count). The van der Waals surface area contributed by atoms with E-state index in [1.807, 2.05) is 0 Å². The Balaban J connectivity index is 2.54. The highest BCUT2D eigenvalue weighted by Crippen LogP contribution is 2.18. The van der Waals surface area contributed by atoms with Crippen molar-refractivity contribution in [1.82, 2.24) is 0 Å². The average Bonchev–Trinajstić information content (AvgIpc) is 2.26. The lowest BCUT2D eigenvalue weighted by Gasteiger charge is -2.04. The molecule has 0 fully saturated rings. The summed E-state index contributed by atoms with van der Waals surface area (Å²) in [4.78, 5) is 20.0. The molecular weight excluding hydrogens is 184 g/mol. The first-order valence-electron chi connectivity index (χ1n) is 4.27. The van der Waals surface area contributed by atoms with Gasteiger partial charge in [0.15, 0.2) is 5.75 Å². The summed E-state index contributed by atoms with van der Waals surface area (Å²) in [5.41, 5.74) is 0. The molecule has 4 nitrogen and oxygen atoms in total. The second-order valence-electron chi connectivity index (χ2n) is 2.57. The lowest BCUT2D eigenvalue weighted by Crippen LogP contribution is -2.05. The van der Waals surface area contributed by atoms with Gasteiger partial charge in [-0.25, -0.2) is 4.79 Å². The number of hydrogen-bond donors (Lipinski definition) is 0. The fourth-order valence-corrected chi connectivity index (χ4v) is 0.807. The topological polar surface area (TPSA) is 44.8 Å². The standard InChI is InChI=1S/C10H12O4/c1-3-10(11)14-13-9-6-4-5-8(7-9)12-2/h4-7H,3H2,1-2H3. The van der Waals surface area contributed by atoms with Gasteiger partial charge in [0, 0.05) is 12.5 Å². The molecule has 0 atom stereocenters. The third-order valence-corrected chi connectivity index (χ3v) is 1.56. The van der Waals surface area contributed by atoms with Gasteiger partial charge in [0.25, 0.3) is 0 Å². The van der Waals surface area contributed by atoms with Crippen LogP contribution in [0.3, 0.4) is 0 Å². The maximum absolute atomic E-state index is 10.8. The SMILES string of the molecule is CCC(=O)OOc1cccc(OC)c1. The largest absolute Gasteiger partial charge is 0.497 e. The van der Waals surface area contributed by atoms with E-state index in [-0.39, 0.29) is 6.42 Å². The highest BCUT2D eigenvalue weighted by Gasteiger charge is 2.02. The summed E-state index contributed by atoms with van der Waals surface area (Å²) in [6.45, 7) is 1.69. The van der Waals surface area contributed by atoms with Crippen molar-refractivity contribution in [3.05, 3.63) is 24.3 Å². The average molecular weight is 196 g/mol. The normalized spacial score (nSPS) is 9.29. The smallest absolute Gasteiger partial charge is 0.355 e. The molecule has 0 bridgehead atoms. The summed E-state index contributed by atoms with van der Waals surface area (Å²) in [5.74, 6) is 0.675. The van der Waals surface area contributed by atoms with Gasteiger partial charge in [0.1, 0.15) is 5.75 Å². The Kier molecular flexibility index (Phi) is 3.79. The predicted molar refractivity (Wildman–Crippen MR) is 50.0 cm³/mol. The van der Waals surface area contributed by atoms with Crippen molar-refractivity contribution in [2.45, 2.75) is 13.3 Å². The minimum Gasteiger partial charge on any atom is -0.497 e. The second kappa shape index (κ2) is 5.11. The molecule has 1 aromatic rings. The van der Waals surface area contributed by atoms with Gasteiger partial charge >= 0.3 is 5.97 Å². The van der Waals surface area contributed by atoms with E-state index in [9.17, 15) is 4.79 Å². The van der Waals surface area contributed by atoms with E-state index in [1.54, 1.807) is 38.3 Å². The number of hydrogen-bond acceptors (Lipinski definition) is 4. The highest BCUT2D eigenvalue weighted by molar-refractivity contribution is 5.68. The Morgan fingerprint density at radius 2 is 2.07 bits per heavy atom. The predicted octanol–water partition coefficient (Wildman–Crippen LogP) is 1.94. The van der Waals surface area contributed by atoms with Crippen LogP contribution >= 0.6 is 0 Å². The van der Waals surface area contributed by atoms with Crippen LogP contribution < -0.4 is 9.62 Å². The molecule has 0 spiro atoms. The summed E-state index contributed by atoms with van der Waals surface area (Å²) in [5, 5.41) is 0. The third kappa shape index (κ3) is 2.97. The van der Waals surface area contributed by atoms with Crippen molar-refractivity contribution in [2.75, 3.05) is 7.11 Å². The van der Waals surface area contributed by atoms with Gasteiger partial charge in [0.05, 0.1) is 7.11 Å². The highest BCUT2D eigenvalue weighted by atomic mass is 17.2. The van der Waals surface area contributed by atoms with E-state index >= 15 is 0 Å². The van der Waals surface area contributed by atoms with Crippen molar-refractivity contribution in [1.29, 1.82) is 0 Å². The summed E-state index contributed by atoms with van der Waals surface area (Å²) in [7, 11) is 1.55. The maximum atomic E-state index is 10.8. The lowest BCUT2D eigenvalue weighted by atomic mass is 10.3. The number of ether oxygens (including phenoxy) is 1. The van der Waals surface area contributed by atoms with Crippen molar-refractivity contribution in [2.24, 2.45) is 0 Å². The molecule has 14 heavy (non-hydrogen) atoms. The van der Waals surface area contributed by atoms with Crippen LogP contribution in [0.15, 0.2) is 24.3 Å². The second-order valence-corrected chi connectivity index (χ2v) is 2.57. The molecule has 0 N–H and O–H groups in total. The van der Waals surface area contributed by atoms with Crippen LogP contribution in [0.1, 0.15) is 13.3 Å². The van der Waals surface area contributed by atoms with E-state index in [0.29, 0.717) is 11.5 Å². The van der Waals surface area contributed by atoms with E-state index in [1.165, 1.54) is 0 Å². The number of carbonyl (C=O) groups is 1. The molecule has 0 aliphatic heterocycles. The Morgan fingerprint density at radius 3 is 2.71 bits per heavy atom. The maximum Gasteiger partial charge on any atom is 0.355 e. The van der Waals surface area contributed by atoms with Crippen LogP contribution in [0.4, 0.5) is 0 Å². The molecule has 0 aliphatic rings. The Morgan fingerprint density at radius 1 is 1.36 bits per heavy atom. The first kappa shape index (κ1) is 10.4. The molecule has 0 heterocycles. The molecule has 1 aromatic carbocycles. The molecule has 0 saturated carbocycles. The van der Waals surface area contributed by atoms with Gasteiger partial charge < -0.3 is 4.74 Å². The first-order chi connectivity index (χ1) is 6.76. The van der Waals surface area contributed by atoms with Crippen LogP contribution in [-0.4, -0.2) is 13.1 Å². The number of benzene rings is 1. The molecule has 4 heteroatoms. The van der Waals surface area contributed by atoms with Gasteiger partial charge in [-0.1, -0.05) is 13.0 Å². The lowest BCUT2D eigenvalue weighted by molar-refractivity contribution is -0.213. The van der Waals surface area contributed by atoms with Gasteiger partial charge in [0.2, 0.25) is 0 Å². The van der Waals surface area contributed by atoms with Crippen LogP contribution in [0, 0.1) is 0 Å². The number of carbonyl (C=O) groups excluding carboxylic acids is 1. The van der Waals surface area contributed by atoms with Crippen LogP contribution in [0.2, 0.25) is 0 Å². The van der Waals surface area contributed by atoms with Crippen LogP contribution in [0.25, 0.3) is 0 Å². The Bertz CT molecular complexity index is 309. The van der Waals surface area contributed by atoms with E-state index < -0.39 is 5.97 Å². The minimum atomic E-state index is -0.409. The molecule has 0 unspecified atom stereocenters. The summed E-state index contributed by atoms with van der Waals surface area (Å²) in [6, 6.07) is 6.82. The van der Waals surface area contributed by atoms with Crippen LogP contribution in [-0.2, 0) is 9.68 Å². The van der Waals surface area contributed by atoms with Crippen LogP contribution in [0.5, 0.6) is 11.5 Å². The molecule has 0 aromatic heterocycles. The van der Waals surface area contributed by atoms with Crippen molar-refractivity contribution in [3.63, 3.8) is 0 Å². The van der Waals surface area contributed by atoms with Gasteiger partial charge in [-0.05, 0) is 12.1 Å². The van der Waals surface area contributed by atoms with E-state index in [2.05, 4.69) is 4.89 Å². The molecular formula is C10H12O4. The zero-order valence-corrected chi connectivity index (χ0v) is 8.15.